The fraction of sp³-hybridized carbons (Fsp3) is 0.533. The van der Waals surface area contributed by atoms with Gasteiger partial charge in [0, 0.05) is 18.5 Å². The second kappa shape index (κ2) is 8.18. The number of carbonyl (C=O) groups is 1. The van der Waals surface area contributed by atoms with E-state index in [9.17, 15) is 4.79 Å². The van der Waals surface area contributed by atoms with Gasteiger partial charge in [-0.15, -0.1) is 12.4 Å². The van der Waals surface area contributed by atoms with Crippen molar-refractivity contribution in [2.75, 3.05) is 6.54 Å². The van der Waals surface area contributed by atoms with Gasteiger partial charge in [-0.1, -0.05) is 30.3 Å². The molecular weight excluding hydrogens is 260 g/mol. The van der Waals surface area contributed by atoms with Gasteiger partial charge in [-0.2, -0.15) is 0 Å². The standard InChI is InChI=1S/C15H22N2O.ClH/c1-12-14(8-5-11-16-12)17-15(18)10-9-13-6-3-2-4-7-13;/h2-4,6-7,12,14,16H,5,8-11H2,1H3,(H,17,18);1H. The Hall–Kier alpha value is -1.06. The number of hydrogen-bond donors (Lipinski definition) is 2. The molecule has 0 aromatic heterocycles. The summed E-state index contributed by atoms with van der Waals surface area (Å²) in [5.74, 6) is 0.166. The van der Waals surface area contributed by atoms with Crippen LogP contribution in [0.5, 0.6) is 0 Å². The van der Waals surface area contributed by atoms with Gasteiger partial charge in [0.25, 0.3) is 0 Å². The van der Waals surface area contributed by atoms with E-state index in [0.29, 0.717) is 18.5 Å². The summed E-state index contributed by atoms with van der Waals surface area (Å²) < 4.78 is 0. The normalized spacial score (nSPS) is 22.4. The number of nitrogens with one attached hydrogen (secondary N) is 2. The molecule has 1 fully saturated rings. The van der Waals surface area contributed by atoms with E-state index in [0.717, 1.165) is 25.8 Å². The van der Waals surface area contributed by atoms with Crippen molar-refractivity contribution in [1.29, 1.82) is 0 Å². The smallest absolute Gasteiger partial charge is 0.220 e. The van der Waals surface area contributed by atoms with Crippen molar-refractivity contribution in [2.45, 2.75) is 44.7 Å². The maximum absolute atomic E-state index is 11.9. The van der Waals surface area contributed by atoms with E-state index in [1.165, 1.54) is 5.56 Å². The van der Waals surface area contributed by atoms with Crippen molar-refractivity contribution < 1.29 is 4.79 Å². The number of piperidine rings is 1. The Morgan fingerprint density at radius 1 is 1.37 bits per heavy atom. The second-order valence-electron chi connectivity index (χ2n) is 5.04. The van der Waals surface area contributed by atoms with Crippen LogP contribution in [0.4, 0.5) is 0 Å². The van der Waals surface area contributed by atoms with Gasteiger partial charge in [0.05, 0.1) is 0 Å². The fourth-order valence-electron chi connectivity index (χ4n) is 2.42. The zero-order valence-corrected chi connectivity index (χ0v) is 12.2. The minimum atomic E-state index is 0. The molecule has 1 amide bonds. The highest BCUT2D eigenvalue weighted by Crippen LogP contribution is 2.09. The number of benzene rings is 1. The van der Waals surface area contributed by atoms with E-state index >= 15 is 0 Å². The Morgan fingerprint density at radius 3 is 2.79 bits per heavy atom. The highest BCUT2D eigenvalue weighted by Gasteiger charge is 2.21. The molecule has 0 aliphatic carbocycles. The van der Waals surface area contributed by atoms with E-state index in [2.05, 4.69) is 29.7 Å². The summed E-state index contributed by atoms with van der Waals surface area (Å²) in [5.41, 5.74) is 1.22. The zero-order valence-electron chi connectivity index (χ0n) is 11.4. The number of hydrogen-bond acceptors (Lipinski definition) is 2. The summed E-state index contributed by atoms with van der Waals surface area (Å²) in [6, 6.07) is 10.8. The zero-order chi connectivity index (χ0) is 12.8. The third-order valence-electron chi connectivity index (χ3n) is 3.59. The van der Waals surface area contributed by atoms with Crippen LogP contribution < -0.4 is 10.6 Å². The average Bonchev–Trinajstić information content (AvgIpc) is 2.40. The SMILES string of the molecule is CC1NCCCC1NC(=O)CCc1ccccc1.Cl. The Bertz CT molecular complexity index is 383. The second-order valence-corrected chi connectivity index (χ2v) is 5.04. The number of amides is 1. The van der Waals surface area contributed by atoms with Crippen molar-refractivity contribution in [3.05, 3.63) is 35.9 Å². The predicted molar refractivity (Wildman–Crippen MR) is 80.6 cm³/mol. The van der Waals surface area contributed by atoms with Crippen LogP contribution in [0.1, 0.15) is 31.7 Å². The molecule has 2 rings (SSSR count). The molecule has 1 heterocycles. The first kappa shape index (κ1) is 16.0. The Labute approximate surface area is 121 Å². The Balaban J connectivity index is 0.00000180. The largest absolute Gasteiger partial charge is 0.352 e. The van der Waals surface area contributed by atoms with Crippen LogP contribution in [0, 0.1) is 0 Å². The first-order valence-electron chi connectivity index (χ1n) is 6.82. The van der Waals surface area contributed by atoms with Crippen LogP contribution in [0.3, 0.4) is 0 Å². The molecule has 1 aliphatic rings. The monoisotopic (exact) mass is 282 g/mol. The first-order chi connectivity index (χ1) is 8.75. The maximum atomic E-state index is 11.9. The van der Waals surface area contributed by atoms with Crippen LogP contribution >= 0.6 is 12.4 Å². The van der Waals surface area contributed by atoms with Gasteiger partial charge in [-0.05, 0) is 38.3 Å². The lowest BCUT2D eigenvalue weighted by atomic mass is 9.99. The molecule has 1 aromatic carbocycles. The van der Waals surface area contributed by atoms with Crippen LogP contribution in [-0.4, -0.2) is 24.5 Å². The first-order valence-corrected chi connectivity index (χ1v) is 6.82. The summed E-state index contributed by atoms with van der Waals surface area (Å²) in [5, 5.41) is 6.53. The molecule has 2 N–H and O–H groups in total. The molecule has 1 aromatic rings. The van der Waals surface area contributed by atoms with E-state index in [1.807, 2.05) is 18.2 Å². The third-order valence-corrected chi connectivity index (χ3v) is 3.59. The van der Waals surface area contributed by atoms with Crippen LogP contribution in [0.25, 0.3) is 0 Å². The van der Waals surface area contributed by atoms with Crippen LogP contribution in [0.15, 0.2) is 30.3 Å². The maximum Gasteiger partial charge on any atom is 0.220 e. The molecule has 2 unspecified atom stereocenters. The molecular formula is C15H23ClN2O. The van der Waals surface area contributed by atoms with Crippen molar-refractivity contribution >= 4 is 18.3 Å². The molecule has 0 radical (unpaired) electrons. The number of aryl methyl sites for hydroxylation is 1. The van der Waals surface area contributed by atoms with Crippen molar-refractivity contribution in [3.63, 3.8) is 0 Å². The highest BCUT2D eigenvalue weighted by molar-refractivity contribution is 5.85. The molecule has 106 valence electrons. The van der Waals surface area contributed by atoms with E-state index < -0.39 is 0 Å². The summed E-state index contributed by atoms with van der Waals surface area (Å²) in [6.45, 7) is 3.21. The van der Waals surface area contributed by atoms with Gasteiger partial charge in [-0.25, -0.2) is 0 Å². The summed E-state index contributed by atoms with van der Waals surface area (Å²) in [6.07, 6.45) is 3.63. The minimum Gasteiger partial charge on any atom is -0.352 e. The van der Waals surface area contributed by atoms with Crippen LogP contribution in [-0.2, 0) is 11.2 Å². The van der Waals surface area contributed by atoms with Gasteiger partial charge in [0.2, 0.25) is 5.91 Å². The number of rotatable bonds is 4. The van der Waals surface area contributed by atoms with Crippen molar-refractivity contribution in [1.82, 2.24) is 10.6 Å². The third kappa shape index (κ3) is 5.21. The van der Waals surface area contributed by atoms with Gasteiger partial charge in [0.1, 0.15) is 0 Å². The molecule has 1 aliphatic heterocycles. The van der Waals surface area contributed by atoms with Gasteiger partial charge < -0.3 is 10.6 Å². The number of halogens is 1. The lowest BCUT2D eigenvalue weighted by molar-refractivity contribution is -0.122. The molecule has 2 atom stereocenters. The van der Waals surface area contributed by atoms with E-state index in [1.54, 1.807) is 0 Å². The minimum absolute atomic E-state index is 0. The number of carbonyl (C=O) groups excluding carboxylic acids is 1. The average molecular weight is 283 g/mol. The highest BCUT2D eigenvalue weighted by atomic mass is 35.5. The van der Waals surface area contributed by atoms with Gasteiger partial charge in [0.15, 0.2) is 0 Å². The molecule has 0 spiro atoms. The lowest BCUT2D eigenvalue weighted by Crippen LogP contribution is -2.51. The molecule has 19 heavy (non-hydrogen) atoms. The van der Waals surface area contributed by atoms with Crippen molar-refractivity contribution in [3.8, 4) is 0 Å². The molecule has 4 heteroatoms. The lowest BCUT2D eigenvalue weighted by Gasteiger charge is -2.30. The molecule has 0 bridgehead atoms. The molecule has 3 nitrogen and oxygen atoms in total. The van der Waals surface area contributed by atoms with E-state index in [-0.39, 0.29) is 18.3 Å². The predicted octanol–water partition coefficient (Wildman–Crippen LogP) is 2.30. The topological polar surface area (TPSA) is 41.1 Å². The molecule has 1 saturated heterocycles. The van der Waals surface area contributed by atoms with Crippen molar-refractivity contribution in [2.24, 2.45) is 0 Å². The summed E-state index contributed by atoms with van der Waals surface area (Å²) in [7, 11) is 0. The van der Waals surface area contributed by atoms with Gasteiger partial charge >= 0.3 is 0 Å². The summed E-state index contributed by atoms with van der Waals surface area (Å²) in [4.78, 5) is 11.9. The quantitative estimate of drug-likeness (QED) is 0.890. The van der Waals surface area contributed by atoms with Gasteiger partial charge in [-0.3, -0.25) is 4.79 Å². The summed E-state index contributed by atoms with van der Waals surface area (Å²) >= 11 is 0. The van der Waals surface area contributed by atoms with E-state index in [4.69, 9.17) is 0 Å². The Kier molecular flexibility index (Phi) is 6.89. The Morgan fingerprint density at radius 2 is 2.11 bits per heavy atom. The fourth-order valence-corrected chi connectivity index (χ4v) is 2.42. The van der Waals surface area contributed by atoms with Crippen LogP contribution in [0.2, 0.25) is 0 Å². The molecule has 0 saturated carbocycles.